The van der Waals surface area contributed by atoms with Gasteiger partial charge in [0.05, 0.1) is 0 Å². The molecule has 0 spiro atoms. The molecule has 2 heterocycles. The van der Waals surface area contributed by atoms with Crippen LogP contribution in [0, 0.1) is 13.8 Å². The molecule has 0 radical (unpaired) electrons. The monoisotopic (exact) mass is 365 g/mol. The van der Waals surface area contributed by atoms with Gasteiger partial charge in [0, 0.05) is 30.0 Å². The van der Waals surface area contributed by atoms with Crippen LogP contribution < -0.4 is 5.32 Å². The maximum absolute atomic E-state index is 12.9. The predicted octanol–water partition coefficient (Wildman–Crippen LogP) is 4.36. The standard InChI is InChI=1S/C22H27N3O2/c1-4-19-7-5-6-12-25(19)22(27)20-14-17(10-11-23-20)21(26)24-18-9-8-15(2)16(3)13-18/h8-11,13-14,19H,4-7,12H2,1-3H3,(H,24,26). The number of amides is 2. The van der Waals surface area contributed by atoms with E-state index < -0.39 is 0 Å². The van der Waals surface area contributed by atoms with Crippen LogP contribution >= 0.6 is 0 Å². The summed E-state index contributed by atoms with van der Waals surface area (Å²) in [5.41, 5.74) is 3.82. The van der Waals surface area contributed by atoms with E-state index in [1.54, 1.807) is 12.1 Å². The molecule has 3 rings (SSSR count). The number of pyridine rings is 1. The van der Waals surface area contributed by atoms with Crippen LogP contribution in [0.5, 0.6) is 0 Å². The summed E-state index contributed by atoms with van der Waals surface area (Å²) in [6.07, 6.45) is 5.70. The van der Waals surface area contributed by atoms with Crippen LogP contribution in [-0.4, -0.2) is 34.3 Å². The van der Waals surface area contributed by atoms with Gasteiger partial charge in [-0.1, -0.05) is 13.0 Å². The number of aryl methyl sites for hydroxylation is 2. The van der Waals surface area contributed by atoms with Gasteiger partial charge in [-0.3, -0.25) is 14.6 Å². The smallest absolute Gasteiger partial charge is 0.272 e. The number of piperidine rings is 1. The highest BCUT2D eigenvalue weighted by atomic mass is 16.2. The fourth-order valence-corrected chi connectivity index (χ4v) is 3.55. The highest BCUT2D eigenvalue weighted by Crippen LogP contribution is 2.22. The lowest BCUT2D eigenvalue weighted by Gasteiger charge is -2.35. The van der Waals surface area contributed by atoms with Crippen molar-refractivity contribution in [2.24, 2.45) is 0 Å². The second kappa shape index (κ2) is 8.33. The lowest BCUT2D eigenvalue weighted by atomic mass is 9.99. The van der Waals surface area contributed by atoms with Crippen LogP contribution in [0.25, 0.3) is 0 Å². The Morgan fingerprint density at radius 3 is 2.70 bits per heavy atom. The number of anilines is 1. The summed E-state index contributed by atoms with van der Waals surface area (Å²) in [7, 11) is 0. The molecule has 1 fully saturated rings. The Kier molecular flexibility index (Phi) is 5.89. The van der Waals surface area contributed by atoms with Crippen molar-refractivity contribution in [2.45, 2.75) is 52.5 Å². The Balaban J connectivity index is 1.77. The number of aromatic nitrogens is 1. The number of benzene rings is 1. The van der Waals surface area contributed by atoms with Crippen molar-refractivity contribution < 1.29 is 9.59 Å². The van der Waals surface area contributed by atoms with E-state index in [1.165, 1.54) is 11.8 Å². The molecule has 142 valence electrons. The number of rotatable bonds is 4. The third kappa shape index (κ3) is 4.35. The molecule has 1 saturated heterocycles. The Bertz CT molecular complexity index is 847. The molecule has 0 aliphatic carbocycles. The van der Waals surface area contributed by atoms with Crippen LogP contribution in [0.3, 0.4) is 0 Å². The lowest BCUT2D eigenvalue weighted by Crippen LogP contribution is -2.43. The van der Waals surface area contributed by atoms with E-state index in [1.807, 2.05) is 36.9 Å². The normalized spacial score (nSPS) is 16.9. The first-order valence-corrected chi connectivity index (χ1v) is 9.65. The van der Waals surface area contributed by atoms with Crippen molar-refractivity contribution in [3.05, 3.63) is 58.9 Å². The molecule has 27 heavy (non-hydrogen) atoms. The van der Waals surface area contributed by atoms with Gasteiger partial charge in [0.2, 0.25) is 0 Å². The Hall–Kier alpha value is -2.69. The third-order valence-electron chi connectivity index (χ3n) is 5.37. The molecule has 1 atom stereocenters. The summed E-state index contributed by atoms with van der Waals surface area (Å²) in [5.74, 6) is -0.317. The number of nitrogens with one attached hydrogen (secondary N) is 1. The number of nitrogens with zero attached hydrogens (tertiary/aromatic N) is 2. The van der Waals surface area contributed by atoms with Crippen LogP contribution in [0.2, 0.25) is 0 Å². The van der Waals surface area contributed by atoms with Gasteiger partial charge < -0.3 is 10.2 Å². The number of carbonyl (C=O) groups is 2. The van der Waals surface area contributed by atoms with E-state index >= 15 is 0 Å². The van der Waals surface area contributed by atoms with Crippen LogP contribution in [0.4, 0.5) is 5.69 Å². The Morgan fingerprint density at radius 1 is 1.15 bits per heavy atom. The molecule has 1 unspecified atom stereocenters. The maximum Gasteiger partial charge on any atom is 0.272 e. The van der Waals surface area contributed by atoms with Crippen molar-refractivity contribution >= 4 is 17.5 Å². The minimum Gasteiger partial charge on any atom is -0.334 e. The Morgan fingerprint density at radius 2 is 1.96 bits per heavy atom. The summed E-state index contributed by atoms with van der Waals surface area (Å²) in [5, 5.41) is 2.90. The van der Waals surface area contributed by atoms with Gasteiger partial charge in [-0.2, -0.15) is 0 Å². The summed E-state index contributed by atoms with van der Waals surface area (Å²) < 4.78 is 0. The van der Waals surface area contributed by atoms with Crippen molar-refractivity contribution in [3.63, 3.8) is 0 Å². The van der Waals surface area contributed by atoms with Gasteiger partial charge in [0.15, 0.2) is 0 Å². The van der Waals surface area contributed by atoms with E-state index in [-0.39, 0.29) is 17.9 Å². The number of carbonyl (C=O) groups excluding carboxylic acids is 2. The van der Waals surface area contributed by atoms with Crippen molar-refractivity contribution in [2.75, 3.05) is 11.9 Å². The molecule has 1 aromatic heterocycles. The first kappa shape index (κ1) is 19.1. The van der Waals surface area contributed by atoms with Gasteiger partial charge in [-0.05, 0) is 74.9 Å². The fourth-order valence-electron chi connectivity index (χ4n) is 3.55. The number of hydrogen-bond donors (Lipinski definition) is 1. The van der Waals surface area contributed by atoms with Gasteiger partial charge in [-0.15, -0.1) is 0 Å². The minimum absolute atomic E-state index is 0.0811. The minimum atomic E-state index is -0.236. The summed E-state index contributed by atoms with van der Waals surface area (Å²) >= 11 is 0. The van der Waals surface area contributed by atoms with E-state index in [0.29, 0.717) is 11.3 Å². The van der Waals surface area contributed by atoms with E-state index in [9.17, 15) is 9.59 Å². The largest absolute Gasteiger partial charge is 0.334 e. The van der Waals surface area contributed by atoms with Gasteiger partial charge in [0.1, 0.15) is 5.69 Å². The van der Waals surface area contributed by atoms with E-state index in [4.69, 9.17) is 0 Å². The molecule has 0 bridgehead atoms. The summed E-state index contributed by atoms with van der Waals surface area (Å²) in [4.78, 5) is 31.7. The molecule has 1 aromatic carbocycles. The summed E-state index contributed by atoms with van der Waals surface area (Å²) in [6, 6.07) is 9.31. The highest BCUT2D eigenvalue weighted by molar-refractivity contribution is 6.05. The van der Waals surface area contributed by atoms with E-state index in [0.717, 1.165) is 43.5 Å². The quantitative estimate of drug-likeness (QED) is 0.876. The van der Waals surface area contributed by atoms with Crippen LogP contribution in [0.15, 0.2) is 36.5 Å². The molecule has 2 amide bonds. The number of likely N-dealkylation sites (tertiary alicyclic amines) is 1. The molecule has 1 aliphatic heterocycles. The second-order valence-corrected chi connectivity index (χ2v) is 7.24. The van der Waals surface area contributed by atoms with Crippen molar-refractivity contribution in [1.82, 2.24) is 9.88 Å². The molecular formula is C22H27N3O2. The first-order valence-electron chi connectivity index (χ1n) is 9.65. The Labute approximate surface area is 160 Å². The second-order valence-electron chi connectivity index (χ2n) is 7.24. The zero-order chi connectivity index (χ0) is 19.4. The number of hydrogen-bond acceptors (Lipinski definition) is 3. The molecule has 5 heteroatoms. The lowest BCUT2D eigenvalue weighted by molar-refractivity contribution is 0.0602. The maximum atomic E-state index is 12.9. The summed E-state index contributed by atoms with van der Waals surface area (Å²) in [6.45, 7) is 6.91. The SMILES string of the molecule is CCC1CCCCN1C(=O)c1cc(C(=O)Nc2ccc(C)c(C)c2)ccn1. The van der Waals surface area contributed by atoms with Crippen molar-refractivity contribution in [3.8, 4) is 0 Å². The molecule has 2 aromatic rings. The fraction of sp³-hybridized carbons (Fsp3) is 0.409. The average Bonchev–Trinajstić information content (AvgIpc) is 2.70. The van der Waals surface area contributed by atoms with Crippen LogP contribution in [-0.2, 0) is 0 Å². The van der Waals surface area contributed by atoms with Gasteiger partial charge in [0.25, 0.3) is 11.8 Å². The predicted molar refractivity (Wildman–Crippen MR) is 107 cm³/mol. The van der Waals surface area contributed by atoms with Gasteiger partial charge in [-0.25, -0.2) is 0 Å². The zero-order valence-corrected chi connectivity index (χ0v) is 16.3. The molecular weight excluding hydrogens is 338 g/mol. The zero-order valence-electron chi connectivity index (χ0n) is 16.3. The topological polar surface area (TPSA) is 62.3 Å². The highest BCUT2D eigenvalue weighted by Gasteiger charge is 2.27. The molecule has 5 nitrogen and oxygen atoms in total. The van der Waals surface area contributed by atoms with Crippen LogP contribution in [0.1, 0.15) is 64.6 Å². The molecule has 0 saturated carbocycles. The van der Waals surface area contributed by atoms with E-state index in [2.05, 4.69) is 17.2 Å². The average molecular weight is 365 g/mol. The molecule has 1 N–H and O–H groups in total. The molecule has 1 aliphatic rings. The van der Waals surface area contributed by atoms with Crippen molar-refractivity contribution in [1.29, 1.82) is 0 Å². The van der Waals surface area contributed by atoms with Gasteiger partial charge >= 0.3 is 0 Å². The third-order valence-corrected chi connectivity index (χ3v) is 5.37. The first-order chi connectivity index (χ1) is 13.0.